The van der Waals surface area contributed by atoms with Crippen molar-refractivity contribution < 1.29 is 27.5 Å². The highest BCUT2D eigenvalue weighted by Gasteiger charge is 2.52. The van der Waals surface area contributed by atoms with Crippen molar-refractivity contribution in [3.63, 3.8) is 0 Å². The van der Waals surface area contributed by atoms with Gasteiger partial charge in [0.05, 0.1) is 29.4 Å². The van der Waals surface area contributed by atoms with E-state index in [1.165, 1.54) is 24.8 Å². The van der Waals surface area contributed by atoms with Crippen LogP contribution in [0.4, 0.5) is 0 Å². The summed E-state index contributed by atoms with van der Waals surface area (Å²) in [6, 6.07) is 7.03. The molecule has 1 N–H and O–H groups in total. The van der Waals surface area contributed by atoms with Crippen LogP contribution < -0.4 is 9.46 Å². The molecule has 1 aromatic heterocycles. The number of likely N-dealkylation sites (N-methyl/N-ethyl adjacent to an activating group) is 1. The fourth-order valence-corrected chi connectivity index (χ4v) is 11.5. The molecule has 0 radical (unpaired) electrons. The standard InChI is InChI=1S/C38H46N4O6S/c1-40-19-23-17-24(20-40)42(23)38(44)28-10-6-9-27-33(28)31-18-29-32(47-2)12-11-26(22-7-4-3-5-8-22)36(29)41(31)21-30-34(27)35(30)37(43)39-49(45,46)25-13-15-48-16-14-25/h6,9,11-12,18,22-25,28,33H,3-5,7-8,10,13-17,19-21H2,1-2H3,(H,39,43)/t23?,24?,28-,33?/m1/s1. The van der Waals surface area contributed by atoms with Crippen LogP contribution in [0, 0.1) is 5.92 Å². The number of methoxy groups -OCH3 is 1. The van der Waals surface area contributed by atoms with E-state index in [0.717, 1.165) is 71.4 Å². The van der Waals surface area contributed by atoms with Crippen molar-refractivity contribution in [2.45, 2.75) is 93.5 Å². The molecule has 2 amide bonds. The van der Waals surface area contributed by atoms with Gasteiger partial charge in [0.1, 0.15) is 5.75 Å². The summed E-state index contributed by atoms with van der Waals surface area (Å²) in [5.41, 5.74) is 6.63. The second kappa shape index (κ2) is 11.8. The quantitative estimate of drug-likeness (QED) is 0.476. The Hall–Kier alpha value is -3.41. The molecule has 4 fully saturated rings. The summed E-state index contributed by atoms with van der Waals surface area (Å²) in [6.45, 7) is 2.98. The van der Waals surface area contributed by atoms with E-state index >= 15 is 0 Å². The second-order valence-electron chi connectivity index (χ2n) is 15.3. The number of amides is 2. The second-order valence-corrected chi connectivity index (χ2v) is 17.3. The molecule has 9 rings (SSSR count). The number of likely N-dealkylation sites (tertiary alicyclic amines) is 2. The number of allylic oxidation sites excluding steroid dienone is 4. The number of sulfonamides is 1. The molecule has 1 aromatic carbocycles. The summed E-state index contributed by atoms with van der Waals surface area (Å²) in [4.78, 5) is 33.1. The lowest BCUT2D eigenvalue weighted by Gasteiger charge is -2.57. The Morgan fingerprint density at radius 3 is 2.51 bits per heavy atom. The minimum Gasteiger partial charge on any atom is -0.496 e. The number of piperidine rings is 1. The normalized spacial score (nSPS) is 28.8. The van der Waals surface area contributed by atoms with Crippen LogP contribution in [0.3, 0.4) is 0 Å². The first-order valence-corrected chi connectivity index (χ1v) is 19.8. The summed E-state index contributed by atoms with van der Waals surface area (Å²) >= 11 is 0. The summed E-state index contributed by atoms with van der Waals surface area (Å²) in [6.07, 6.45) is 12.5. The summed E-state index contributed by atoms with van der Waals surface area (Å²) < 4.78 is 42.9. The van der Waals surface area contributed by atoms with Gasteiger partial charge < -0.3 is 23.8 Å². The predicted molar refractivity (Wildman–Crippen MR) is 186 cm³/mol. The molecular weight excluding hydrogens is 641 g/mol. The fraction of sp³-hybridized carbons (Fsp3) is 0.579. The minimum atomic E-state index is -3.87. The monoisotopic (exact) mass is 686 g/mol. The van der Waals surface area contributed by atoms with Crippen LogP contribution in [0.5, 0.6) is 5.75 Å². The number of benzene rings is 1. The number of carbonyl (C=O) groups is 2. The number of carbonyl (C=O) groups excluding carboxylic acids is 2. The Labute approximate surface area is 288 Å². The number of ether oxygens (including phenoxy) is 2. The zero-order valence-electron chi connectivity index (χ0n) is 28.4. The van der Waals surface area contributed by atoms with Crippen molar-refractivity contribution in [2.75, 3.05) is 40.5 Å². The molecule has 3 aliphatic carbocycles. The van der Waals surface area contributed by atoms with Gasteiger partial charge >= 0.3 is 0 Å². The van der Waals surface area contributed by atoms with Gasteiger partial charge in [0.15, 0.2) is 0 Å². The van der Waals surface area contributed by atoms with E-state index in [0.29, 0.717) is 50.5 Å². The molecule has 4 atom stereocenters. The topological polar surface area (TPSA) is 110 Å². The molecule has 3 unspecified atom stereocenters. The SMILES string of the molecule is COc1ccc(C2CCCCC2)c2c1cc1n2CC2=C(C(=O)NS(=O)(=O)C3CCOCC3)C2=C2C=CC[C@@H](C(=O)N3C4CC3CN(C)C4)C21. The first-order chi connectivity index (χ1) is 23.7. The van der Waals surface area contributed by atoms with Gasteiger partial charge in [-0.25, -0.2) is 13.1 Å². The van der Waals surface area contributed by atoms with Crippen molar-refractivity contribution in [1.29, 1.82) is 0 Å². The van der Waals surface area contributed by atoms with Gasteiger partial charge in [0.25, 0.3) is 5.91 Å². The highest BCUT2D eigenvalue weighted by Crippen LogP contribution is 2.56. The molecule has 0 spiro atoms. The summed E-state index contributed by atoms with van der Waals surface area (Å²) in [7, 11) is -0.0327. The zero-order valence-corrected chi connectivity index (χ0v) is 29.3. The molecule has 260 valence electrons. The van der Waals surface area contributed by atoms with Crippen molar-refractivity contribution in [3.8, 4) is 5.75 Å². The highest BCUT2D eigenvalue weighted by atomic mass is 32.2. The lowest BCUT2D eigenvalue weighted by Crippen LogP contribution is -2.70. The van der Waals surface area contributed by atoms with Gasteiger partial charge in [-0.05, 0) is 85.9 Å². The van der Waals surface area contributed by atoms with Crippen molar-refractivity contribution in [1.82, 2.24) is 19.1 Å². The highest BCUT2D eigenvalue weighted by molar-refractivity contribution is 7.90. The number of rotatable bonds is 6. The number of aromatic nitrogens is 1. The molecule has 11 heteroatoms. The van der Waals surface area contributed by atoms with Gasteiger partial charge in [0.2, 0.25) is 15.9 Å². The Morgan fingerprint density at radius 1 is 1.02 bits per heavy atom. The van der Waals surface area contributed by atoms with Crippen LogP contribution in [-0.4, -0.2) is 92.4 Å². The van der Waals surface area contributed by atoms with E-state index in [4.69, 9.17) is 9.47 Å². The number of hydrogen-bond donors (Lipinski definition) is 1. The largest absolute Gasteiger partial charge is 0.496 e. The first kappa shape index (κ1) is 31.6. The number of fused-ring (bicyclic) bond motifs is 8. The molecule has 3 saturated heterocycles. The fourth-order valence-electron chi connectivity index (χ4n) is 10.1. The molecular formula is C38H46N4O6S. The molecule has 7 aliphatic rings. The van der Waals surface area contributed by atoms with Crippen molar-refractivity contribution >= 4 is 32.7 Å². The number of nitrogens with zero attached hydrogens (tertiary/aromatic N) is 3. The zero-order chi connectivity index (χ0) is 33.6. The van der Waals surface area contributed by atoms with Crippen molar-refractivity contribution in [3.05, 3.63) is 63.9 Å². The van der Waals surface area contributed by atoms with Crippen LogP contribution in [0.25, 0.3) is 10.9 Å². The minimum absolute atomic E-state index is 0.190. The average Bonchev–Trinajstić information content (AvgIpc) is 3.74. The smallest absolute Gasteiger partial charge is 0.265 e. The van der Waals surface area contributed by atoms with Crippen LogP contribution in [-0.2, 0) is 30.9 Å². The van der Waals surface area contributed by atoms with Gasteiger partial charge in [-0.2, -0.15) is 0 Å². The van der Waals surface area contributed by atoms with Gasteiger partial charge in [-0.1, -0.05) is 37.5 Å². The van der Waals surface area contributed by atoms with Gasteiger partial charge in [-0.3, -0.25) is 9.59 Å². The maximum Gasteiger partial charge on any atom is 0.265 e. The van der Waals surface area contributed by atoms with Gasteiger partial charge in [0, 0.05) is 61.9 Å². The Kier molecular flexibility index (Phi) is 7.63. The van der Waals surface area contributed by atoms with Crippen molar-refractivity contribution in [2.24, 2.45) is 5.92 Å². The molecule has 2 aromatic rings. The lowest BCUT2D eigenvalue weighted by molar-refractivity contribution is -0.158. The molecule has 5 heterocycles. The molecule has 49 heavy (non-hydrogen) atoms. The van der Waals surface area contributed by atoms with E-state index in [1.807, 2.05) is 0 Å². The predicted octanol–water partition coefficient (Wildman–Crippen LogP) is 4.52. The first-order valence-electron chi connectivity index (χ1n) is 18.2. The van der Waals surface area contributed by atoms with E-state index in [1.54, 1.807) is 7.11 Å². The number of hydrogen-bond acceptors (Lipinski definition) is 7. The maximum absolute atomic E-state index is 14.7. The van der Waals surface area contributed by atoms with E-state index in [2.05, 4.69) is 56.5 Å². The van der Waals surface area contributed by atoms with E-state index < -0.39 is 21.2 Å². The average molecular weight is 687 g/mol. The lowest BCUT2D eigenvalue weighted by atomic mass is 9.74. The van der Waals surface area contributed by atoms with Gasteiger partial charge in [-0.15, -0.1) is 0 Å². The summed E-state index contributed by atoms with van der Waals surface area (Å²) in [5, 5.41) is 0.391. The molecule has 10 nitrogen and oxygen atoms in total. The third-order valence-electron chi connectivity index (χ3n) is 12.5. The van der Waals surface area contributed by atoms with Crippen LogP contribution in [0.1, 0.15) is 80.9 Å². The number of piperazine rings is 1. The molecule has 1 saturated carbocycles. The number of nitrogens with one attached hydrogen (secondary N) is 1. The molecule has 4 aliphatic heterocycles. The van der Waals surface area contributed by atoms with Crippen LogP contribution >= 0.6 is 0 Å². The maximum atomic E-state index is 14.7. The van der Waals surface area contributed by atoms with Crippen LogP contribution in [0.2, 0.25) is 0 Å². The Bertz CT molecular complexity index is 1930. The van der Waals surface area contributed by atoms with E-state index in [-0.39, 0.29) is 29.8 Å². The third kappa shape index (κ3) is 5.05. The van der Waals surface area contributed by atoms with Crippen LogP contribution in [0.15, 0.2) is 52.6 Å². The van der Waals surface area contributed by atoms with E-state index in [9.17, 15) is 18.0 Å². The third-order valence-corrected chi connectivity index (χ3v) is 14.3. The molecule has 2 bridgehead atoms. The Balaban J connectivity index is 1.17. The Morgan fingerprint density at radius 2 is 1.78 bits per heavy atom. The summed E-state index contributed by atoms with van der Waals surface area (Å²) in [5.74, 6) is 0.283.